The monoisotopic (exact) mass is 338 g/mol. The number of benzene rings is 1. The molecule has 6 heteroatoms. The SMILES string of the molecule is O=C1Nc2ccccc2CCN1C1CCN(c2ccc(O)cn2)CC1. The zero-order chi connectivity index (χ0) is 17.2. The number of aromatic nitrogens is 1. The number of amides is 2. The number of carbonyl (C=O) groups excluding carboxylic acids is 1. The van der Waals surface area contributed by atoms with Gasteiger partial charge in [-0.25, -0.2) is 9.78 Å². The molecule has 6 nitrogen and oxygen atoms in total. The van der Waals surface area contributed by atoms with E-state index in [0.29, 0.717) is 0 Å². The smallest absolute Gasteiger partial charge is 0.322 e. The van der Waals surface area contributed by atoms with E-state index in [2.05, 4.69) is 21.3 Å². The average molecular weight is 338 g/mol. The Balaban J connectivity index is 1.41. The molecule has 4 rings (SSSR count). The summed E-state index contributed by atoms with van der Waals surface area (Å²) in [5.74, 6) is 1.06. The van der Waals surface area contributed by atoms with Gasteiger partial charge in [0.25, 0.3) is 0 Å². The Labute approximate surface area is 147 Å². The highest BCUT2D eigenvalue weighted by atomic mass is 16.3. The molecule has 0 saturated carbocycles. The topological polar surface area (TPSA) is 68.7 Å². The predicted octanol–water partition coefficient (Wildman–Crippen LogP) is 2.85. The van der Waals surface area contributed by atoms with Crippen LogP contribution in [-0.4, -0.2) is 46.7 Å². The lowest BCUT2D eigenvalue weighted by atomic mass is 10.0. The number of hydrogen-bond donors (Lipinski definition) is 2. The number of rotatable bonds is 2. The zero-order valence-corrected chi connectivity index (χ0v) is 14.1. The summed E-state index contributed by atoms with van der Waals surface area (Å²) < 4.78 is 0. The maximum Gasteiger partial charge on any atom is 0.322 e. The van der Waals surface area contributed by atoms with Crippen molar-refractivity contribution in [2.75, 3.05) is 29.9 Å². The second-order valence-corrected chi connectivity index (χ2v) is 6.62. The number of nitrogens with zero attached hydrogens (tertiary/aromatic N) is 3. The second-order valence-electron chi connectivity index (χ2n) is 6.62. The summed E-state index contributed by atoms with van der Waals surface area (Å²) in [6.45, 7) is 2.48. The zero-order valence-electron chi connectivity index (χ0n) is 14.1. The molecule has 1 fully saturated rings. The fourth-order valence-corrected chi connectivity index (χ4v) is 3.71. The molecule has 0 spiro atoms. The van der Waals surface area contributed by atoms with Crippen LogP contribution < -0.4 is 10.2 Å². The van der Waals surface area contributed by atoms with Gasteiger partial charge in [-0.15, -0.1) is 0 Å². The molecule has 2 amide bonds. The lowest BCUT2D eigenvalue weighted by Gasteiger charge is -2.38. The molecule has 25 heavy (non-hydrogen) atoms. The molecule has 1 saturated heterocycles. The summed E-state index contributed by atoms with van der Waals surface area (Å²) in [7, 11) is 0. The van der Waals surface area contributed by atoms with Crippen molar-refractivity contribution in [1.82, 2.24) is 9.88 Å². The van der Waals surface area contributed by atoms with Gasteiger partial charge in [0.15, 0.2) is 0 Å². The number of aromatic hydroxyl groups is 1. The van der Waals surface area contributed by atoms with E-state index in [1.807, 2.05) is 29.2 Å². The third-order valence-corrected chi connectivity index (χ3v) is 5.10. The van der Waals surface area contributed by atoms with Crippen molar-refractivity contribution < 1.29 is 9.90 Å². The van der Waals surface area contributed by atoms with Crippen molar-refractivity contribution in [3.8, 4) is 5.75 Å². The number of anilines is 2. The maximum absolute atomic E-state index is 12.6. The van der Waals surface area contributed by atoms with Crippen LogP contribution in [0.3, 0.4) is 0 Å². The largest absolute Gasteiger partial charge is 0.506 e. The molecule has 0 unspecified atom stereocenters. The van der Waals surface area contributed by atoms with E-state index >= 15 is 0 Å². The van der Waals surface area contributed by atoms with Crippen LogP contribution in [0.5, 0.6) is 5.75 Å². The minimum absolute atomic E-state index is 0.00570. The first-order valence-electron chi connectivity index (χ1n) is 8.76. The number of pyridine rings is 1. The van der Waals surface area contributed by atoms with Crippen LogP contribution in [0.2, 0.25) is 0 Å². The van der Waals surface area contributed by atoms with Crippen LogP contribution in [0.4, 0.5) is 16.3 Å². The number of fused-ring (bicyclic) bond motifs is 1. The van der Waals surface area contributed by atoms with Gasteiger partial charge < -0.3 is 20.2 Å². The standard InChI is InChI=1S/C19H22N4O2/c24-16-5-6-18(20-13-16)22-10-8-15(9-11-22)23-12-7-14-3-1-2-4-17(14)21-19(23)25/h1-6,13,15,24H,7-12H2,(H,21,25). The van der Waals surface area contributed by atoms with Gasteiger partial charge in [-0.05, 0) is 43.0 Å². The van der Waals surface area contributed by atoms with Crippen LogP contribution in [0.15, 0.2) is 42.6 Å². The number of urea groups is 1. The van der Waals surface area contributed by atoms with Gasteiger partial charge in [0.2, 0.25) is 0 Å². The van der Waals surface area contributed by atoms with E-state index in [9.17, 15) is 9.90 Å². The molecule has 0 aliphatic carbocycles. The summed E-state index contributed by atoms with van der Waals surface area (Å²) >= 11 is 0. The summed E-state index contributed by atoms with van der Waals surface area (Å²) in [5.41, 5.74) is 2.13. The van der Waals surface area contributed by atoms with E-state index in [0.717, 1.165) is 50.4 Å². The Hall–Kier alpha value is -2.76. The normalized spacial score (nSPS) is 18.5. The van der Waals surface area contributed by atoms with Crippen LogP contribution >= 0.6 is 0 Å². The van der Waals surface area contributed by atoms with E-state index in [4.69, 9.17) is 0 Å². The lowest BCUT2D eigenvalue weighted by Crippen LogP contribution is -2.49. The highest BCUT2D eigenvalue weighted by Gasteiger charge is 2.30. The molecule has 0 bridgehead atoms. The Morgan fingerprint density at radius 3 is 2.64 bits per heavy atom. The Bertz CT molecular complexity index is 754. The molecule has 2 aliphatic heterocycles. The maximum atomic E-state index is 12.6. The number of carbonyl (C=O) groups is 1. The van der Waals surface area contributed by atoms with Gasteiger partial charge in [-0.2, -0.15) is 0 Å². The molecule has 1 aromatic heterocycles. The van der Waals surface area contributed by atoms with E-state index in [1.165, 1.54) is 11.8 Å². The van der Waals surface area contributed by atoms with E-state index in [1.54, 1.807) is 6.07 Å². The first-order valence-corrected chi connectivity index (χ1v) is 8.76. The quantitative estimate of drug-likeness (QED) is 0.883. The summed E-state index contributed by atoms with van der Waals surface area (Å²) in [4.78, 5) is 21.1. The molecule has 2 aromatic rings. The summed E-state index contributed by atoms with van der Waals surface area (Å²) in [6.07, 6.45) is 4.20. The Morgan fingerprint density at radius 2 is 1.88 bits per heavy atom. The molecule has 130 valence electrons. The molecule has 2 N–H and O–H groups in total. The first-order chi connectivity index (χ1) is 12.2. The number of piperidine rings is 1. The molecule has 0 atom stereocenters. The van der Waals surface area contributed by atoms with Crippen molar-refractivity contribution in [3.05, 3.63) is 48.2 Å². The number of nitrogens with one attached hydrogen (secondary N) is 1. The number of para-hydroxylation sites is 1. The molecule has 2 aliphatic rings. The van der Waals surface area contributed by atoms with Gasteiger partial charge >= 0.3 is 6.03 Å². The third-order valence-electron chi connectivity index (χ3n) is 5.10. The molecular formula is C19H22N4O2. The van der Waals surface area contributed by atoms with E-state index < -0.39 is 0 Å². The van der Waals surface area contributed by atoms with Crippen molar-refractivity contribution in [3.63, 3.8) is 0 Å². The van der Waals surface area contributed by atoms with Crippen LogP contribution in [-0.2, 0) is 6.42 Å². The average Bonchev–Trinajstić information content (AvgIpc) is 2.81. The predicted molar refractivity (Wildman–Crippen MR) is 97.0 cm³/mol. The Morgan fingerprint density at radius 1 is 1.08 bits per heavy atom. The van der Waals surface area contributed by atoms with Gasteiger partial charge in [-0.3, -0.25) is 0 Å². The molecule has 0 radical (unpaired) electrons. The highest BCUT2D eigenvalue weighted by molar-refractivity contribution is 5.91. The van der Waals surface area contributed by atoms with Crippen LogP contribution in [0.1, 0.15) is 18.4 Å². The van der Waals surface area contributed by atoms with Crippen LogP contribution in [0, 0.1) is 0 Å². The van der Waals surface area contributed by atoms with Gasteiger partial charge in [-0.1, -0.05) is 18.2 Å². The fraction of sp³-hybridized carbons (Fsp3) is 0.368. The van der Waals surface area contributed by atoms with Crippen molar-refractivity contribution in [2.45, 2.75) is 25.3 Å². The molecule has 3 heterocycles. The summed E-state index contributed by atoms with van der Waals surface area (Å²) in [6, 6.07) is 11.8. The lowest BCUT2D eigenvalue weighted by molar-refractivity contribution is 0.177. The van der Waals surface area contributed by atoms with E-state index in [-0.39, 0.29) is 17.8 Å². The minimum atomic E-state index is 0.00570. The first kappa shape index (κ1) is 15.7. The highest BCUT2D eigenvalue weighted by Crippen LogP contribution is 2.26. The fourth-order valence-electron chi connectivity index (χ4n) is 3.71. The third kappa shape index (κ3) is 3.24. The second kappa shape index (κ2) is 6.63. The Kier molecular flexibility index (Phi) is 4.17. The minimum Gasteiger partial charge on any atom is -0.506 e. The summed E-state index contributed by atoms with van der Waals surface area (Å²) in [5, 5.41) is 12.4. The number of hydrogen-bond acceptors (Lipinski definition) is 4. The van der Waals surface area contributed by atoms with Gasteiger partial charge in [0.1, 0.15) is 11.6 Å². The van der Waals surface area contributed by atoms with Gasteiger partial charge in [0.05, 0.1) is 6.20 Å². The van der Waals surface area contributed by atoms with Crippen molar-refractivity contribution in [1.29, 1.82) is 0 Å². The van der Waals surface area contributed by atoms with Crippen molar-refractivity contribution >= 4 is 17.5 Å². The molecular weight excluding hydrogens is 316 g/mol. The van der Waals surface area contributed by atoms with Crippen LogP contribution in [0.25, 0.3) is 0 Å². The molecule has 1 aromatic carbocycles. The van der Waals surface area contributed by atoms with Crippen molar-refractivity contribution in [2.24, 2.45) is 0 Å². The van der Waals surface area contributed by atoms with Gasteiger partial charge in [0, 0.05) is 31.4 Å².